The van der Waals surface area contributed by atoms with Crippen molar-refractivity contribution in [2.45, 2.75) is 51.2 Å². The lowest BCUT2D eigenvalue weighted by atomic mass is 9.95. The number of amides is 1. The van der Waals surface area contributed by atoms with E-state index in [0.29, 0.717) is 12.0 Å². The number of carbonyl (C=O) groups is 1. The molecule has 132 valence electrons. The van der Waals surface area contributed by atoms with Gasteiger partial charge in [0.25, 0.3) is 0 Å². The van der Waals surface area contributed by atoms with Crippen LogP contribution < -0.4 is 5.73 Å². The number of nitrogens with zero attached hydrogens (tertiary/aromatic N) is 2. The van der Waals surface area contributed by atoms with Crippen LogP contribution in [0.2, 0.25) is 0 Å². The molecule has 2 fully saturated rings. The number of benzene rings is 1. The molecule has 0 radical (unpaired) electrons. The molecule has 1 heterocycles. The number of hydrogen-bond acceptors (Lipinski definition) is 3. The molecule has 2 N–H and O–H groups in total. The topological polar surface area (TPSA) is 49.6 Å². The normalized spacial score (nSPS) is 28.2. The van der Waals surface area contributed by atoms with Crippen molar-refractivity contribution in [2.75, 3.05) is 20.1 Å². The summed E-state index contributed by atoms with van der Waals surface area (Å²) in [5, 5.41) is 0. The Morgan fingerprint density at radius 3 is 2.71 bits per heavy atom. The molecule has 0 bridgehead atoms. The molecule has 4 atom stereocenters. The molecule has 1 aromatic carbocycles. The molecule has 1 aliphatic heterocycles. The summed E-state index contributed by atoms with van der Waals surface area (Å²) in [5.41, 5.74) is 7.06. The van der Waals surface area contributed by atoms with Gasteiger partial charge in [0.05, 0.1) is 6.04 Å². The number of likely N-dealkylation sites (tertiary alicyclic amines) is 1. The van der Waals surface area contributed by atoms with Crippen LogP contribution >= 0.6 is 0 Å². The first-order valence-electron chi connectivity index (χ1n) is 9.37. The molecule has 1 aliphatic carbocycles. The summed E-state index contributed by atoms with van der Waals surface area (Å²) in [7, 11) is 2.11. The van der Waals surface area contributed by atoms with E-state index in [9.17, 15) is 4.79 Å². The Balaban J connectivity index is 1.63. The van der Waals surface area contributed by atoms with E-state index >= 15 is 0 Å². The van der Waals surface area contributed by atoms with Gasteiger partial charge in [0.15, 0.2) is 0 Å². The zero-order valence-electron chi connectivity index (χ0n) is 15.0. The summed E-state index contributed by atoms with van der Waals surface area (Å²) in [6, 6.07) is 11.1. The Morgan fingerprint density at radius 2 is 2.04 bits per heavy atom. The molecule has 2 aliphatic rings. The number of nitrogens with two attached hydrogens (primary N) is 1. The fraction of sp³-hybridized carbons (Fsp3) is 0.650. The molecule has 1 saturated carbocycles. The van der Waals surface area contributed by atoms with Crippen LogP contribution in [0.25, 0.3) is 0 Å². The van der Waals surface area contributed by atoms with Crippen molar-refractivity contribution < 1.29 is 4.79 Å². The van der Waals surface area contributed by atoms with Crippen molar-refractivity contribution in [3.05, 3.63) is 35.9 Å². The molecule has 1 aromatic rings. The van der Waals surface area contributed by atoms with E-state index in [2.05, 4.69) is 54.1 Å². The third kappa shape index (κ3) is 3.65. The second-order valence-electron chi connectivity index (χ2n) is 7.62. The average Bonchev–Trinajstić information content (AvgIpc) is 3.12. The number of fused-ring (bicyclic) bond motifs is 1. The highest BCUT2D eigenvalue weighted by atomic mass is 16.1. The fourth-order valence-corrected chi connectivity index (χ4v) is 4.86. The minimum Gasteiger partial charge on any atom is -0.368 e. The number of carbonyl (C=O) groups excluding carboxylic acids is 1. The van der Waals surface area contributed by atoms with E-state index in [4.69, 9.17) is 5.73 Å². The van der Waals surface area contributed by atoms with Crippen LogP contribution in [-0.4, -0.2) is 47.9 Å². The fourth-order valence-electron chi connectivity index (χ4n) is 4.86. The van der Waals surface area contributed by atoms with Gasteiger partial charge in [-0.15, -0.1) is 0 Å². The van der Waals surface area contributed by atoms with E-state index in [1.807, 2.05) is 0 Å². The first-order chi connectivity index (χ1) is 11.6. The van der Waals surface area contributed by atoms with Gasteiger partial charge in [-0.3, -0.25) is 14.6 Å². The standard InChI is InChI=1S/C20H31N3O/c1-3-7-19(20(21)24)22(2)18-11-10-16-13-23(14-17(16)18)12-15-8-5-4-6-9-15/h4-6,8-9,16-19H,3,7,10-14H2,1-2H3,(H2,21,24)/t16-,17+,18-,19+/m1/s1. The molecule has 4 nitrogen and oxygen atoms in total. The predicted octanol–water partition coefficient (Wildman–Crippen LogP) is 2.48. The highest BCUT2D eigenvalue weighted by molar-refractivity contribution is 5.79. The maximum Gasteiger partial charge on any atom is 0.234 e. The van der Waals surface area contributed by atoms with Gasteiger partial charge in [-0.05, 0) is 43.7 Å². The second-order valence-corrected chi connectivity index (χ2v) is 7.62. The van der Waals surface area contributed by atoms with Crippen molar-refractivity contribution in [3.8, 4) is 0 Å². The molecule has 0 aromatic heterocycles. The van der Waals surface area contributed by atoms with Crippen molar-refractivity contribution in [3.63, 3.8) is 0 Å². The minimum atomic E-state index is -0.165. The van der Waals surface area contributed by atoms with Gasteiger partial charge >= 0.3 is 0 Å². The molecule has 1 saturated heterocycles. The Hall–Kier alpha value is -1.39. The Bertz CT molecular complexity index is 547. The van der Waals surface area contributed by atoms with E-state index in [1.54, 1.807) is 0 Å². The number of rotatable bonds is 7. The van der Waals surface area contributed by atoms with Gasteiger partial charge in [0, 0.05) is 25.7 Å². The third-order valence-corrected chi connectivity index (χ3v) is 6.05. The zero-order chi connectivity index (χ0) is 17.1. The van der Waals surface area contributed by atoms with E-state index in [0.717, 1.165) is 31.8 Å². The van der Waals surface area contributed by atoms with Gasteiger partial charge in [-0.25, -0.2) is 0 Å². The van der Waals surface area contributed by atoms with E-state index in [1.165, 1.54) is 24.9 Å². The highest BCUT2D eigenvalue weighted by Gasteiger charge is 2.45. The van der Waals surface area contributed by atoms with Gasteiger partial charge in [-0.1, -0.05) is 43.7 Å². The molecular weight excluding hydrogens is 298 g/mol. The highest BCUT2D eigenvalue weighted by Crippen LogP contribution is 2.41. The van der Waals surface area contributed by atoms with Crippen molar-refractivity contribution in [1.29, 1.82) is 0 Å². The lowest BCUT2D eigenvalue weighted by Gasteiger charge is -2.34. The molecule has 0 spiro atoms. The lowest BCUT2D eigenvalue weighted by Crippen LogP contribution is -2.49. The quantitative estimate of drug-likeness (QED) is 0.836. The number of primary amides is 1. The van der Waals surface area contributed by atoms with Crippen molar-refractivity contribution in [2.24, 2.45) is 17.6 Å². The van der Waals surface area contributed by atoms with Crippen LogP contribution in [0.4, 0.5) is 0 Å². The molecule has 0 unspecified atom stereocenters. The van der Waals surface area contributed by atoms with E-state index in [-0.39, 0.29) is 11.9 Å². The molecule has 4 heteroatoms. The molecular formula is C20H31N3O. The van der Waals surface area contributed by atoms with Crippen LogP contribution in [0.5, 0.6) is 0 Å². The summed E-state index contributed by atoms with van der Waals surface area (Å²) in [4.78, 5) is 16.7. The maximum atomic E-state index is 11.9. The van der Waals surface area contributed by atoms with Crippen molar-refractivity contribution in [1.82, 2.24) is 9.80 Å². The Labute approximate surface area is 146 Å². The summed E-state index contributed by atoms with van der Waals surface area (Å²) >= 11 is 0. The van der Waals surface area contributed by atoms with Crippen LogP contribution in [0.3, 0.4) is 0 Å². The van der Waals surface area contributed by atoms with Crippen LogP contribution in [-0.2, 0) is 11.3 Å². The van der Waals surface area contributed by atoms with Gasteiger partial charge in [0.2, 0.25) is 5.91 Å². The largest absolute Gasteiger partial charge is 0.368 e. The van der Waals surface area contributed by atoms with Crippen LogP contribution in [0, 0.1) is 11.8 Å². The van der Waals surface area contributed by atoms with Gasteiger partial charge < -0.3 is 5.73 Å². The van der Waals surface area contributed by atoms with Gasteiger partial charge in [-0.2, -0.15) is 0 Å². The van der Waals surface area contributed by atoms with Crippen LogP contribution in [0.15, 0.2) is 30.3 Å². The Morgan fingerprint density at radius 1 is 1.29 bits per heavy atom. The minimum absolute atomic E-state index is 0.109. The third-order valence-electron chi connectivity index (χ3n) is 6.05. The van der Waals surface area contributed by atoms with E-state index < -0.39 is 0 Å². The summed E-state index contributed by atoms with van der Waals surface area (Å²) < 4.78 is 0. The van der Waals surface area contributed by atoms with Crippen molar-refractivity contribution >= 4 is 5.91 Å². The summed E-state index contributed by atoms with van der Waals surface area (Å²) in [6.45, 7) is 5.50. The monoisotopic (exact) mass is 329 g/mol. The summed E-state index contributed by atoms with van der Waals surface area (Å²) in [6.07, 6.45) is 4.35. The lowest BCUT2D eigenvalue weighted by molar-refractivity contribution is -0.124. The first-order valence-corrected chi connectivity index (χ1v) is 9.37. The molecule has 24 heavy (non-hydrogen) atoms. The molecule has 3 rings (SSSR count). The van der Waals surface area contributed by atoms with Gasteiger partial charge in [0.1, 0.15) is 0 Å². The maximum absolute atomic E-state index is 11.9. The number of likely N-dealkylation sites (N-methyl/N-ethyl adjacent to an activating group) is 1. The Kier molecular flexibility index (Phi) is 5.57. The number of hydrogen-bond donors (Lipinski definition) is 1. The second kappa shape index (κ2) is 7.66. The zero-order valence-corrected chi connectivity index (χ0v) is 15.0. The molecule has 1 amide bonds. The first kappa shape index (κ1) is 17.4. The average molecular weight is 329 g/mol. The SMILES string of the molecule is CCC[C@@H](C(N)=O)N(C)[C@@H]1CC[C@@H]2CN(Cc3ccccc3)C[C@@H]21. The smallest absolute Gasteiger partial charge is 0.234 e. The summed E-state index contributed by atoms with van der Waals surface area (Å²) in [5.74, 6) is 1.29. The predicted molar refractivity (Wildman–Crippen MR) is 97.4 cm³/mol. The van der Waals surface area contributed by atoms with Crippen LogP contribution in [0.1, 0.15) is 38.2 Å².